The lowest BCUT2D eigenvalue weighted by atomic mass is 10.6. The van der Waals surface area contributed by atoms with Gasteiger partial charge in [-0.25, -0.2) is 0 Å². The summed E-state index contributed by atoms with van der Waals surface area (Å²) in [6.45, 7) is 0. The monoisotopic (exact) mass is 97.0 g/mol. The molecule has 7 heavy (non-hydrogen) atoms. The number of H-pyrrole nitrogens is 1. The van der Waals surface area contributed by atoms with E-state index >= 15 is 0 Å². The zero-order chi connectivity index (χ0) is 5.28. The van der Waals surface area contributed by atoms with Crippen LogP contribution >= 0.6 is 0 Å². The Bertz CT molecular complexity index is 142. The van der Waals surface area contributed by atoms with Crippen molar-refractivity contribution < 1.29 is 10.2 Å². The van der Waals surface area contributed by atoms with Crippen molar-refractivity contribution in [2.24, 2.45) is 0 Å². The van der Waals surface area contributed by atoms with Crippen LogP contribution in [0.2, 0.25) is 0 Å². The van der Waals surface area contributed by atoms with Gasteiger partial charge in [0.2, 0.25) is 0 Å². The molecule has 0 saturated carbocycles. The molecule has 0 radical (unpaired) electrons. The Morgan fingerprint density at radius 2 is 2.14 bits per heavy atom. The van der Waals surface area contributed by atoms with Gasteiger partial charge in [-0.3, -0.25) is 0 Å². The van der Waals surface area contributed by atoms with E-state index in [9.17, 15) is 10.2 Å². The first-order chi connectivity index (χ1) is 3.29. The van der Waals surface area contributed by atoms with Gasteiger partial charge in [0.15, 0.2) is 0 Å². The Kier molecular flexibility index (Phi) is 0.685. The highest BCUT2D eigenvalue weighted by atomic mass is 16.3. The average molecular weight is 97.1 g/mol. The van der Waals surface area contributed by atoms with E-state index in [0.29, 0.717) is 0 Å². The Morgan fingerprint density at radius 1 is 1.43 bits per heavy atom. The first-order valence-corrected chi connectivity index (χ1v) is 1.81. The largest absolute Gasteiger partial charge is 0.871 e. The third-order valence-corrected chi connectivity index (χ3v) is 0.630. The second-order valence-corrected chi connectivity index (χ2v) is 1.20. The zero-order valence-corrected chi connectivity index (χ0v) is 3.47. The van der Waals surface area contributed by atoms with Gasteiger partial charge in [0.1, 0.15) is 0 Å². The molecule has 0 bridgehead atoms. The van der Waals surface area contributed by atoms with E-state index in [2.05, 4.69) is 4.98 Å². The van der Waals surface area contributed by atoms with Crippen LogP contribution in [0.4, 0.5) is 0 Å². The van der Waals surface area contributed by atoms with Gasteiger partial charge in [-0.15, -0.1) is 0 Å². The minimum atomic E-state index is -0.329. The van der Waals surface area contributed by atoms with E-state index in [-0.39, 0.29) is 11.6 Å². The van der Waals surface area contributed by atoms with Gasteiger partial charge >= 0.3 is 0 Å². The fraction of sp³-hybridized carbons (Fsp3) is 0. The molecule has 1 rings (SSSR count). The fourth-order valence-corrected chi connectivity index (χ4v) is 0.355. The van der Waals surface area contributed by atoms with Gasteiger partial charge in [0, 0.05) is 0 Å². The predicted molar refractivity (Wildman–Crippen MR) is 19.7 cm³/mol. The summed E-state index contributed by atoms with van der Waals surface area (Å²) >= 11 is 0. The highest BCUT2D eigenvalue weighted by Crippen LogP contribution is 2.07. The molecular weight excluding hydrogens is 94.0 g/mol. The van der Waals surface area contributed by atoms with Crippen molar-refractivity contribution in [2.45, 2.75) is 0 Å². The molecule has 0 aliphatic rings. The molecule has 0 fully saturated rings. The summed E-state index contributed by atoms with van der Waals surface area (Å²) in [6, 6.07) is 1.00. The first-order valence-electron chi connectivity index (χ1n) is 1.81. The van der Waals surface area contributed by atoms with E-state index in [0.717, 1.165) is 12.3 Å². The van der Waals surface area contributed by atoms with Crippen LogP contribution in [0.3, 0.4) is 0 Å². The molecule has 3 heteroatoms. The Balaban J connectivity index is 3.04. The average Bonchev–Trinajstić information content (AvgIpc) is 1.87. The third-order valence-electron chi connectivity index (χ3n) is 0.630. The van der Waals surface area contributed by atoms with Gasteiger partial charge in [0.25, 0.3) is 0 Å². The summed E-state index contributed by atoms with van der Waals surface area (Å²) in [6.07, 6.45) is 1.13. The highest BCUT2D eigenvalue weighted by Gasteiger charge is 1.71. The molecule has 0 spiro atoms. The smallest absolute Gasteiger partial charge is 0.00801 e. The van der Waals surface area contributed by atoms with Crippen LogP contribution < -0.4 is 10.2 Å². The number of hydrogen-bond acceptors (Lipinski definition) is 2. The maximum Gasteiger partial charge on any atom is -0.00801 e. The lowest BCUT2D eigenvalue weighted by Gasteiger charge is -1.95. The van der Waals surface area contributed by atoms with Crippen LogP contribution in [0.15, 0.2) is 12.3 Å². The van der Waals surface area contributed by atoms with Crippen molar-refractivity contribution in [2.75, 3.05) is 0 Å². The molecule has 0 aliphatic heterocycles. The molecule has 1 heterocycles. The van der Waals surface area contributed by atoms with Crippen LogP contribution in [0, 0.1) is 0 Å². The fourth-order valence-electron chi connectivity index (χ4n) is 0.355. The number of aromatic nitrogens is 1. The summed E-state index contributed by atoms with van der Waals surface area (Å²) in [7, 11) is 0. The van der Waals surface area contributed by atoms with Gasteiger partial charge < -0.3 is 15.2 Å². The molecule has 0 saturated heterocycles. The lowest BCUT2D eigenvalue weighted by Crippen LogP contribution is -1.87. The summed E-state index contributed by atoms with van der Waals surface area (Å²) in [5, 5.41) is 20.1. The van der Waals surface area contributed by atoms with Crippen molar-refractivity contribution in [3.8, 4) is 11.6 Å². The van der Waals surface area contributed by atoms with Crippen LogP contribution in [0.1, 0.15) is 0 Å². The molecule has 0 amide bonds. The topological polar surface area (TPSA) is 61.9 Å². The van der Waals surface area contributed by atoms with E-state index in [1.165, 1.54) is 0 Å². The lowest BCUT2D eigenvalue weighted by molar-refractivity contribution is -0.279. The van der Waals surface area contributed by atoms with Gasteiger partial charge in [-0.1, -0.05) is 11.8 Å². The maximum atomic E-state index is 10.1. The standard InChI is InChI=1S/C4H5NO2/c6-3-1-4(7)5-2-3/h1-2,5-7H/p-2. The molecule has 1 aromatic heterocycles. The van der Waals surface area contributed by atoms with Crippen LogP contribution in [-0.4, -0.2) is 4.98 Å². The molecule has 0 aliphatic carbocycles. The predicted octanol–water partition coefficient (Wildman–Crippen LogP) is -0.838. The van der Waals surface area contributed by atoms with Gasteiger partial charge in [-0.05, 0) is 12.1 Å². The molecule has 0 atom stereocenters. The number of aromatic amines is 1. The van der Waals surface area contributed by atoms with Crippen LogP contribution in [-0.2, 0) is 0 Å². The van der Waals surface area contributed by atoms with Crippen molar-refractivity contribution in [1.82, 2.24) is 4.98 Å². The van der Waals surface area contributed by atoms with Crippen molar-refractivity contribution in [3.05, 3.63) is 12.3 Å². The summed E-state index contributed by atoms with van der Waals surface area (Å²) in [4.78, 5) is 2.20. The maximum absolute atomic E-state index is 10.1. The Labute approximate surface area is 40.2 Å². The number of nitrogens with one attached hydrogen (secondary N) is 1. The number of hydrogen-bond donors (Lipinski definition) is 1. The summed E-state index contributed by atoms with van der Waals surface area (Å²) in [5.74, 6) is -0.588. The van der Waals surface area contributed by atoms with E-state index in [4.69, 9.17) is 0 Å². The molecule has 3 nitrogen and oxygen atoms in total. The SMILES string of the molecule is [O-]c1c[nH]c([O-])c1. The minimum absolute atomic E-state index is 0.259. The quantitative estimate of drug-likeness (QED) is 0.459. The Hall–Kier alpha value is -1.12. The highest BCUT2D eigenvalue weighted by molar-refractivity contribution is 5.21. The second kappa shape index (κ2) is 1.18. The van der Waals surface area contributed by atoms with Crippen molar-refractivity contribution >= 4 is 0 Å². The molecule has 1 N–H and O–H groups in total. The zero-order valence-electron chi connectivity index (χ0n) is 3.47. The normalized spacial score (nSPS) is 9.14. The second-order valence-electron chi connectivity index (χ2n) is 1.20. The minimum Gasteiger partial charge on any atom is -0.871 e. The van der Waals surface area contributed by atoms with Crippen molar-refractivity contribution in [3.63, 3.8) is 0 Å². The Morgan fingerprint density at radius 3 is 2.29 bits per heavy atom. The van der Waals surface area contributed by atoms with E-state index < -0.39 is 0 Å². The number of rotatable bonds is 0. The molecular formula is C4H3NO2-2. The van der Waals surface area contributed by atoms with Crippen molar-refractivity contribution in [1.29, 1.82) is 0 Å². The first kappa shape index (κ1) is 4.05. The molecule has 1 aromatic rings. The molecule has 0 aromatic carbocycles. The summed E-state index contributed by atoms with van der Waals surface area (Å²) in [5.41, 5.74) is 0. The van der Waals surface area contributed by atoms with Crippen LogP contribution in [0.25, 0.3) is 0 Å². The van der Waals surface area contributed by atoms with Crippen LogP contribution in [0.5, 0.6) is 11.6 Å². The molecule has 38 valence electrons. The molecule has 0 unspecified atom stereocenters. The third kappa shape index (κ3) is 0.652. The van der Waals surface area contributed by atoms with E-state index in [1.54, 1.807) is 0 Å². The van der Waals surface area contributed by atoms with Gasteiger partial charge in [0.05, 0.1) is 0 Å². The van der Waals surface area contributed by atoms with E-state index in [1.807, 2.05) is 0 Å². The summed E-state index contributed by atoms with van der Waals surface area (Å²) < 4.78 is 0. The van der Waals surface area contributed by atoms with Gasteiger partial charge in [-0.2, -0.15) is 0 Å².